The number of aldehydes is 1. The van der Waals surface area contributed by atoms with Gasteiger partial charge in [0.1, 0.15) is 11.5 Å². The SMILES string of the molecule is Cc1ccc(Oc2cncc(C=O)c2)c(C)c1. The first kappa shape index (κ1) is 11.3. The molecule has 3 heteroatoms. The number of benzene rings is 1. The molecule has 0 radical (unpaired) electrons. The van der Waals surface area contributed by atoms with Gasteiger partial charge in [-0.25, -0.2) is 0 Å². The summed E-state index contributed by atoms with van der Waals surface area (Å²) in [4.78, 5) is 14.6. The van der Waals surface area contributed by atoms with Crippen molar-refractivity contribution in [2.45, 2.75) is 13.8 Å². The lowest BCUT2D eigenvalue weighted by Gasteiger charge is -2.09. The first-order valence-electron chi connectivity index (χ1n) is 5.34. The van der Waals surface area contributed by atoms with Gasteiger partial charge in [-0.2, -0.15) is 0 Å². The fourth-order valence-electron chi connectivity index (χ4n) is 1.60. The molecular weight excluding hydrogens is 214 g/mol. The van der Waals surface area contributed by atoms with Crippen molar-refractivity contribution in [3.8, 4) is 11.5 Å². The zero-order chi connectivity index (χ0) is 12.3. The van der Waals surface area contributed by atoms with Gasteiger partial charge in [0.2, 0.25) is 0 Å². The number of pyridine rings is 1. The molecule has 0 saturated heterocycles. The summed E-state index contributed by atoms with van der Waals surface area (Å²) in [6, 6.07) is 7.61. The van der Waals surface area contributed by atoms with Crippen molar-refractivity contribution in [2.75, 3.05) is 0 Å². The van der Waals surface area contributed by atoms with Crippen molar-refractivity contribution >= 4 is 6.29 Å². The van der Waals surface area contributed by atoms with Crippen LogP contribution < -0.4 is 4.74 Å². The van der Waals surface area contributed by atoms with E-state index in [1.165, 1.54) is 11.8 Å². The summed E-state index contributed by atoms with van der Waals surface area (Å²) in [7, 11) is 0. The van der Waals surface area contributed by atoms with Crippen LogP contribution in [0, 0.1) is 13.8 Å². The van der Waals surface area contributed by atoms with Crippen LogP contribution in [0.25, 0.3) is 0 Å². The largest absolute Gasteiger partial charge is 0.455 e. The Morgan fingerprint density at radius 2 is 2.00 bits per heavy atom. The third-order valence-electron chi connectivity index (χ3n) is 2.43. The lowest BCUT2D eigenvalue weighted by Crippen LogP contribution is -1.90. The highest BCUT2D eigenvalue weighted by atomic mass is 16.5. The van der Waals surface area contributed by atoms with Crippen LogP contribution in [0.2, 0.25) is 0 Å². The quantitative estimate of drug-likeness (QED) is 0.755. The smallest absolute Gasteiger partial charge is 0.151 e. The second-order valence-corrected chi connectivity index (χ2v) is 3.94. The molecule has 0 atom stereocenters. The van der Waals surface area contributed by atoms with Gasteiger partial charge in [-0.1, -0.05) is 17.7 Å². The molecule has 2 aromatic rings. The van der Waals surface area contributed by atoms with Crippen molar-refractivity contribution < 1.29 is 9.53 Å². The molecule has 3 nitrogen and oxygen atoms in total. The molecule has 0 spiro atoms. The van der Waals surface area contributed by atoms with Crippen LogP contribution in [0.5, 0.6) is 11.5 Å². The molecule has 0 bridgehead atoms. The van der Waals surface area contributed by atoms with E-state index in [2.05, 4.69) is 4.98 Å². The van der Waals surface area contributed by atoms with E-state index >= 15 is 0 Å². The van der Waals surface area contributed by atoms with Gasteiger partial charge in [-0.15, -0.1) is 0 Å². The average molecular weight is 227 g/mol. The van der Waals surface area contributed by atoms with Crippen LogP contribution in [0.1, 0.15) is 21.5 Å². The Hall–Kier alpha value is -2.16. The van der Waals surface area contributed by atoms with E-state index in [4.69, 9.17) is 4.74 Å². The van der Waals surface area contributed by atoms with E-state index in [0.29, 0.717) is 11.3 Å². The summed E-state index contributed by atoms with van der Waals surface area (Å²) in [5.74, 6) is 1.35. The van der Waals surface area contributed by atoms with Gasteiger partial charge in [0, 0.05) is 11.8 Å². The highest BCUT2D eigenvalue weighted by molar-refractivity contribution is 5.74. The Balaban J connectivity index is 2.27. The summed E-state index contributed by atoms with van der Waals surface area (Å²) in [5.41, 5.74) is 2.75. The number of aryl methyl sites for hydroxylation is 2. The zero-order valence-electron chi connectivity index (χ0n) is 9.81. The lowest BCUT2D eigenvalue weighted by molar-refractivity contribution is 0.112. The highest BCUT2D eigenvalue weighted by Gasteiger charge is 2.02. The number of carbonyl (C=O) groups excluding carboxylic acids is 1. The standard InChI is InChI=1S/C14H13NO2/c1-10-3-4-14(11(2)5-10)17-13-6-12(9-16)7-15-8-13/h3-9H,1-2H3. The van der Waals surface area contributed by atoms with Gasteiger partial charge in [-0.3, -0.25) is 9.78 Å². The van der Waals surface area contributed by atoms with Crippen LogP contribution in [0.4, 0.5) is 0 Å². The molecule has 0 aliphatic heterocycles. The van der Waals surface area contributed by atoms with E-state index in [9.17, 15) is 4.79 Å². The molecular formula is C14H13NO2. The summed E-state index contributed by atoms with van der Waals surface area (Å²) < 4.78 is 5.69. The molecule has 1 aromatic carbocycles. The number of nitrogens with zero attached hydrogens (tertiary/aromatic N) is 1. The van der Waals surface area contributed by atoms with Gasteiger partial charge in [-0.05, 0) is 31.5 Å². The maximum absolute atomic E-state index is 10.6. The number of hydrogen-bond donors (Lipinski definition) is 0. The molecule has 1 heterocycles. The van der Waals surface area contributed by atoms with Crippen LogP contribution in [0.3, 0.4) is 0 Å². The maximum atomic E-state index is 10.6. The second-order valence-electron chi connectivity index (χ2n) is 3.94. The van der Waals surface area contributed by atoms with Gasteiger partial charge < -0.3 is 4.74 Å². The van der Waals surface area contributed by atoms with E-state index in [0.717, 1.165) is 17.6 Å². The van der Waals surface area contributed by atoms with Crippen LogP contribution >= 0.6 is 0 Å². The Kier molecular flexibility index (Phi) is 3.19. The molecule has 1 aromatic heterocycles. The lowest BCUT2D eigenvalue weighted by atomic mass is 10.1. The number of rotatable bonds is 3. The average Bonchev–Trinajstić information content (AvgIpc) is 2.33. The number of aromatic nitrogens is 1. The zero-order valence-corrected chi connectivity index (χ0v) is 9.81. The Morgan fingerprint density at radius 3 is 2.71 bits per heavy atom. The van der Waals surface area contributed by atoms with Crippen molar-refractivity contribution in [1.82, 2.24) is 4.98 Å². The predicted octanol–water partition coefficient (Wildman–Crippen LogP) is 3.30. The van der Waals surface area contributed by atoms with E-state index < -0.39 is 0 Å². The van der Waals surface area contributed by atoms with E-state index in [1.54, 1.807) is 12.3 Å². The minimum Gasteiger partial charge on any atom is -0.455 e. The normalized spacial score (nSPS) is 10.0. The molecule has 0 N–H and O–H groups in total. The molecule has 0 aliphatic carbocycles. The van der Waals surface area contributed by atoms with Crippen molar-refractivity contribution in [2.24, 2.45) is 0 Å². The van der Waals surface area contributed by atoms with Crippen LogP contribution in [-0.2, 0) is 0 Å². The Labute approximate surface area is 100 Å². The molecule has 2 rings (SSSR count). The molecule has 0 fully saturated rings. The Morgan fingerprint density at radius 1 is 1.18 bits per heavy atom. The summed E-state index contributed by atoms with van der Waals surface area (Å²) in [6.07, 6.45) is 3.84. The van der Waals surface area contributed by atoms with Crippen molar-refractivity contribution in [1.29, 1.82) is 0 Å². The minimum atomic E-state index is 0.507. The molecule has 0 aliphatic rings. The van der Waals surface area contributed by atoms with E-state index in [1.807, 2.05) is 32.0 Å². The summed E-state index contributed by atoms with van der Waals surface area (Å²) >= 11 is 0. The first-order valence-corrected chi connectivity index (χ1v) is 5.34. The molecule has 17 heavy (non-hydrogen) atoms. The predicted molar refractivity (Wildman–Crippen MR) is 65.6 cm³/mol. The molecule has 0 unspecified atom stereocenters. The van der Waals surface area contributed by atoms with Crippen LogP contribution in [0.15, 0.2) is 36.7 Å². The third kappa shape index (κ3) is 2.69. The van der Waals surface area contributed by atoms with Gasteiger partial charge in [0.05, 0.1) is 6.20 Å². The Bertz CT molecular complexity index is 550. The molecule has 0 saturated carbocycles. The third-order valence-corrected chi connectivity index (χ3v) is 2.43. The first-order chi connectivity index (χ1) is 8.19. The van der Waals surface area contributed by atoms with Crippen molar-refractivity contribution in [3.63, 3.8) is 0 Å². The number of carbonyl (C=O) groups is 1. The number of ether oxygens (including phenoxy) is 1. The topological polar surface area (TPSA) is 39.2 Å². The van der Waals surface area contributed by atoms with E-state index in [-0.39, 0.29) is 0 Å². The highest BCUT2D eigenvalue weighted by Crippen LogP contribution is 2.25. The maximum Gasteiger partial charge on any atom is 0.151 e. The van der Waals surface area contributed by atoms with Crippen LogP contribution in [-0.4, -0.2) is 11.3 Å². The monoisotopic (exact) mass is 227 g/mol. The second kappa shape index (κ2) is 4.78. The van der Waals surface area contributed by atoms with Crippen molar-refractivity contribution in [3.05, 3.63) is 53.3 Å². The fourth-order valence-corrected chi connectivity index (χ4v) is 1.60. The molecule has 86 valence electrons. The summed E-state index contributed by atoms with van der Waals surface area (Å²) in [5, 5.41) is 0. The molecule has 0 amide bonds. The van der Waals surface area contributed by atoms with Gasteiger partial charge in [0.25, 0.3) is 0 Å². The van der Waals surface area contributed by atoms with Gasteiger partial charge in [0.15, 0.2) is 6.29 Å². The fraction of sp³-hybridized carbons (Fsp3) is 0.143. The number of hydrogen-bond acceptors (Lipinski definition) is 3. The summed E-state index contributed by atoms with van der Waals surface area (Å²) in [6.45, 7) is 4.02. The minimum absolute atomic E-state index is 0.507. The van der Waals surface area contributed by atoms with Gasteiger partial charge >= 0.3 is 0 Å².